The Balaban J connectivity index is 0.00000256. The summed E-state index contributed by atoms with van der Waals surface area (Å²) in [6, 6.07) is 1.31. The summed E-state index contributed by atoms with van der Waals surface area (Å²) < 4.78 is 15.4. The van der Waals surface area contributed by atoms with Crippen molar-refractivity contribution in [2.75, 3.05) is 21.3 Å². The van der Waals surface area contributed by atoms with E-state index in [1.54, 1.807) is 0 Å². The van der Waals surface area contributed by atoms with E-state index in [2.05, 4.69) is 15.9 Å². The number of benzene rings is 1. The first-order valence-corrected chi connectivity index (χ1v) is 5.05. The standard InChI is InChI=1S/C10H11BrO5.K/c1-14-6-4-5(10(12)13)7(11)9(16-3)8(6)15-2;/h4H,1-3H3,(H,12,13);/q;+1/p-1. The molecule has 0 radical (unpaired) electrons. The van der Waals surface area contributed by atoms with Gasteiger partial charge in [-0.3, -0.25) is 0 Å². The topological polar surface area (TPSA) is 67.8 Å². The largest absolute Gasteiger partial charge is 1.00 e. The maximum atomic E-state index is 10.9. The molecule has 5 nitrogen and oxygen atoms in total. The fourth-order valence-electron chi connectivity index (χ4n) is 1.27. The summed E-state index contributed by atoms with van der Waals surface area (Å²) in [7, 11) is 4.25. The van der Waals surface area contributed by atoms with E-state index in [0.717, 1.165) is 0 Å². The van der Waals surface area contributed by atoms with E-state index in [0.29, 0.717) is 5.75 Å². The first-order chi connectivity index (χ1) is 7.56. The molecular formula is C10H10BrKO5. The fraction of sp³-hybridized carbons (Fsp3) is 0.300. The number of carbonyl (C=O) groups is 1. The number of carboxylic acid groups (broad SMARTS) is 1. The maximum Gasteiger partial charge on any atom is 1.00 e. The molecular weight excluding hydrogens is 319 g/mol. The van der Waals surface area contributed by atoms with Gasteiger partial charge in [-0.05, 0) is 22.0 Å². The van der Waals surface area contributed by atoms with Gasteiger partial charge in [0.1, 0.15) is 0 Å². The molecule has 0 unspecified atom stereocenters. The SMILES string of the molecule is COc1cc(C(=O)[O-])c(Br)c(OC)c1OC.[K+]. The molecule has 7 heteroatoms. The number of hydrogen-bond donors (Lipinski definition) is 0. The van der Waals surface area contributed by atoms with Crippen LogP contribution in [0.15, 0.2) is 10.5 Å². The molecule has 0 aromatic heterocycles. The van der Waals surface area contributed by atoms with Gasteiger partial charge in [0.05, 0.1) is 31.8 Å². The molecule has 0 aliphatic carbocycles. The molecule has 0 fully saturated rings. The van der Waals surface area contributed by atoms with Crippen molar-refractivity contribution in [3.63, 3.8) is 0 Å². The van der Waals surface area contributed by atoms with Gasteiger partial charge in [0.2, 0.25) is 5.75 Å². The van der Waals surface area contributed by atoms with Crippen LogP contribution in [-0.4, -0.2) is 27.3 Å². The van der Waals surface area contributed by atoms with E-state index < -0.39 is 5.97 Å². The van der Waals surface area contributed by atoms with E-state index in [-0.39, 0.29) is 72.9 Å². The molecule has 1 aromatic rings. The molecule has 1 rings (SSSR count). The van der Waals surface area contributed by atoms with E-state index in [4.69, 9.17) is 14.2 Å². The summed E-state index contributed by atoms with van der Waals surface area (Å²) in [6.45, 7) is 0. The van der Waals surface area contributed by atoms with Crippen LogP contribution in [0.1, 0.15) is 10.4 Å². The Morgan fingerprint density at radius 3 is 2.06 bits per heavy atom. The monoisotopic (exact) mass is 328 g/mol. The van der Waals surface area contributed by atoms with Crippen LogP contribution in [0.2, 0.25) is 0 Å². The second-order valence-corrected chi connectivity index (χ2v) is 3.59. The molecule has 0 amide bonds. The number of aromatic carboxylic acids is 1. The van der Waals surface area contributed by atoms with Gasteiger partial charge in [0.25, 0.3) is 0 Å². The average Bonchev–Trinajstić information content (AvgIpc) is 2.27. The van der Waals surface area contributed by atoms with Gasteiger partial charge in [-0.15, -0.1) is 0 Å². The van der Waals surface area contributed by atoms with Crippen LogP contribution in [-0.2, 0) is 0 Å². The number of rotatable bonds is 4. The average molecular weight is 329 g/mol. The predicted octanol–water partition coefficient (Wildman–Crippen LogP) is -2.16. The number of methoxy groups -OCH3 is 3. The molecule has 0 saturated heterocycles. The summed E-state index contributed by atoms with van der Waals surface area (Å²) >= 11 is 3.12. The number of halogens is 1. The number of hydrogen-bond acceptors (Lipinski definition) is 5. The Morgan fingerprint density at radius 2 is 1.71 bits per heavy atom. The van der Waals surface area contributed by atoms with Crippen LogP contribution in [0.3, 0.4) is 0 Å². The first kappa shape index (κ1) is 17.2. The van der Waals surface area contributed by atoms with Crippen molar-refractivity contribution >= 4 is 21.9 Å². The third kappa shape index (κ3) is 3.58. The van der Waals surface area contributed by atoms with Gasteiger partial charge in [0.15, 0.2) is 11.5 Å². The van der Waals surface area contributed by atoms with Crippen molar-refractivity contribution in [3.8, 4) is 17.2 Å². The third-order valence-electron chi connectivity index (χ3n) is 1.99. The Bertz CT molecular complexity index is 422. The quantitative estimate of drug-likeness (QED) is 0.589. The molecule has 0 aliphatic heterocycles. The van der Waals surface area contributed by atoms with Gasteiger partial charge in [-0.1, -0.05) is 0 Å². The minimum Gasteiger partial charge on any atom is -0.545 e. The zero-order valence-electron chi connectivity index (χ0n) is 10.00. The van der Waals surface area contributed by atoms with Gasteiger partial charge in [-0.2, -0.15) is 0 Å². The Morgan fingerprint density at radius 1 is 1.18 bits per heavy atom. The van der Waals surface area contributed by atoms with E-state index in [1.165, 1.54) is 27.4 Å². The predicted molar refractivity (Wildman–Crippen MR) is 58.1 cm³/mol. The molecule has 0 bridgehead atoms. The zero-order valence-corrected chi connectivity index (χ0v) is 14.7. The van der Waals surface area contributed by atoms with Crippen molar-refractivity contribution in [1.82, 2.24) is 0 Å². The molecule has 0 heterocycles. The van der Waals surface area contributed by atoms with Crippen LogP contribution >= 0.6 is 15.9 Å². The third-order valence-corrected chi connectivity index (χ3v) is 2.78. The normalized spacial score (nSPS) is 9.18. The number of carbonyl (C=O) groups excluding carboxylic acids is 1. The minimum atomic E-state index is -1.33. The van der Waals surface area contributed by atoms with Gasteiger partial charge in [0, 0.05) is 5.56 Å². The summed E-state index contributed by atoms with van der Waals surface area (Å²) in [4.78, 5) is 10.9. The summed E-state index contributed by atoms with van der Waals surface area (Å²) in [5.74, 6) is -0.490. The smallest absolute Gasteiger partial charge is 0.545 e. The van der Waals surface area contributed by atoms with Crippen molar-refractivity contribution in [2.24, 2.45) is 0 Å². The summed E-state index contributed by atoms with van der Waals surface area (Å²) in [5.41, 5.74) is -0.0606. The number of ether oxygens (including phenoxy) is 3. The second-order valence-electron chi connectivity index (χ2n) is 2.79. The van der Waals surface area contributed by atoms with Gasteiger partial charge < -0.3 is 24.1 Å². The van der Waals surface area contributed by atoms with Crippen molar-refractivity contribution in [2.45, 2.75) is 0 Å². The number of carboxylic acids is 1. The molecule has 0 spiro atoms. The molecule has 0 atom stereocenters. The van der Waals surface area contributed by atoms with Crippen molar-refractivity contribution < 1.29 is 75.5 Å². The van der Waals surface area contributed by atoms with Crippen LogP contribution in [0.25, 0.3) is 0 Å². The molecule has 0 N–H and O–H groups in total. The second kappa shape index (κ2) is 7.60. The maximum absolute atomic E-state index is 10.9. The van der Waals surface area contributed by atoms with Crippen molar-refractivity contribution in [1.29, 1.82) is 0 Å². The van der Waals surface area contributed by atoms with Crippen LogP contribution in [0.4, 0.5) is 0 Å². The van der Waals surface area contributed by atoms with Crippen molar-refractivity contribution in [3.05, 3.63) is 16.1 Å². The minimum absolute atomic E-state index is 0. The Kier molecular flexibility index (Phi) is 7.69. The molecule has 0 aliphatic rings. The van der Waals surface area contributed by atoms with Crippen LogP contribution in [0.5, 0.6) is 17.2 Å². The molecule has 88 valence electrons. The molecule has 17 heavy (non-hydrogen) atoms. The van der Waals surface area contributed by atoms with Gasteiger partial charge in [-0.25, -0.2) is 0 Å². The van der Waals surface area contributed by atoms with E-state index in [9.17, 15) is 9.90 Å². The summed E-state index contributed by atoms with van der Waals surface area (Å²) in [5, 5.41) is 10.9. The zero-order chi connectivity index (χ0) is 12.3. The first-order valence-electron chi connectivity index (χ1n) is 4.26. The van der Waals surface area contributed by atoms with Crippen LogP contribution < -0.4 is 70.7 Å². The molecule has 0 saturated carbocycles. The van der Waals surface area contributed by atoms with Crippen LogP contribution in [0, 0.1) is 0 Å². The Labute approximate surface area is 150 Å². The Hall–Kier alpha value is 0.206. The van der Waals surface area contributed by atoms with Gasteiger partial charge >= 0.3 is 51.4 Å². The summed E-state index contributed by atoms with van der Waals surface area (Å²) in [6.07, 6.45) is 0. The fourth-order valence-corrected chi connectivity index (χ4v) is 1.89. The molecule has 1 aromatic carbocycles. The van der Waals surface area contributed by atoms with E-state index in [1.807, 2.05) is 0 Å². The van der Waals surface area contributed by atoms with E-state index >= 15 is 0 Å².